The average Bonchev–Trinajstić information content (AvgIpc) is 2.86. The van der Waals surface area contributed by atoms with Crippen molar-refractivity contribution in [3.8, 4) is 23.7 Å². The van der Waals surface area contributed by atoms with Crippen molar-refractivity contribution in [3.63, 3.8) is 0 Å². The molecule has 0 nitrogen and oxygen atoms in total. The molecule has 5 aromatic carbocycles. The molecule has 0 spiro atoms. The fraction of sp³-hybridized carbons (Fsp3) is 0.118. The van der Waals surface area contributed by atoms with Gasteiger partial charge in [0.15, 0.2) is 0 Å². The van der Waals surface area contributed by atoms with Gasteiger partial charge in [-0.1, -0.05) is 71.2 Å². The van der Waals surface area contributed by atoms with Gasteiger partial charge in [-0.2, -0.15) is 0 Å². The first-order chi connectivity index (χ1) is 16.5. The van der Waals surface area contributed by atoms with Gasteiger partial charge in [-0.15, -0.1) is 0 Å². The Bertz CT molecular complexity index is 1530. The molecular weight excluding hydrogens is 408 g/mol. The molecule has 5 rings (SSSR count). The van der Waals surface area contributed by atoms with Gasteiger partial charge in [-0.05, 0) is 109 Å². The molecule has 162 valence electrons. The molecule has 0 saturated carbocycles. The van der Waals surface area contributed by atoms with Crippen LogP contribution in [0.1, 0.15) is 44.5 Å². The van der Waals surface area contributed by atoms with Crippen molar-refractivity contribution in [2.24, 2.45) is 0 Å². The van der Waals surface area contributed by atoms with Gasteiger partial charge in [-0.25, -0.2) is 0 Å². The lowest BCUT2D eigenvalue weighted by Gasteiger charge is -2.13. The van der Waals surface area contributed by atoms with Crippen LogP contribution in [0.15, 0.2) is 84.9 Å². The maximum absolute atomic E-state index is 3.36. The third-order valence-electron chi connectivity index (χ3n) is 6.51. The van der Waals surface area contributed by atoms with E-state index in [4.69, 9.17) is 0 Å². The zero-order valence-corrected chi connectivity index (χ0v) is 20.1. The van der Waals surface area contributed by atoms with Gasteiger partial charge >= 0.3 is 0 Å². The van der Waals surface area contributed by atoms with Crippen LogP contribution < -0.4 is 0 Å². The number of aryl methyl sites for hydroxylation is 4. The van der Waals surface area contributed by atoms with E-state index >= 15 is 0 Å². The minimum Gasteiger partial charge on any atom is -0.0617 e. The van der Waals surface area contributed by atoms with Crippen LogP contribution in [0.3, 0.4) is 0 Å². The van der Waals surface area contributed by atoms with E-state index in [0.717, 1.165) is 22.3 Å². The summed E-state index contributed by atoms with van der Waals surface area (Å²) in [6, 6.07) is 29.8. The summed E-state index contributed by atoms with van der Waals surface area (Å²) in [5, 5.41) is 5.00. The summed E-state index contributed by atoms with van der Waals surface area (Å²) in [5.41, 5.74) is 9.24. The van der Waals surface area contributed by atoms with Crippen LogP contribution >= 0.6 is 0 Å². The summed E-state index contributed by atoms with van der Waals surface area (Å²) >= 11 is 0. The third-order valence-corrected chi connectivity index (χ3v) is 6.51. The van der Waals surface area contributed by atoms with Crippen LogP contribution in [0.2, 0.25) is 0 Å². The Morgan fingerprint density at radius 1 is 0.353 bits per heavy atom. The highest BCUT2D eigenvalue weighted by molar-refractivity contribution is 6.11. The maximum atomic E-state index is 3.36. The molecule has 0 heterocycles. The van der Waals surface area contributed by atoms with E-state index in [9.17, 15) is 0 Å². The maximum Gasteiger partial charge on any atom is 0.0255 e. The van der Waals surface area contributed by atoms with E-state index in [2.05, 4.69) is 136 Å². The molecule has 0 aliphatic carbocycles. The Morgan fingerprint density at radius 3 is 1.06 bits per heavy atom. The van der Waals surface area contributed by atoms with E-state index in [1.165, 1.54) is 43.8 Å². The van der Waals surface area contributed by atoms with Gasteiger partial charge in [0.25, 0.3) is 0 Å². The predicted octanol–water partition coefficient (Wildman–Crippen LogP) is 8.03. The van der Waals surface area contributed by atoms with Gasteiger partial charge in [0.1, 0.15) is 0 Å². The second kappa shape index (κ2) is 8.94. The topological polar surface area (TPSA) is 0 Å². The second-order valence-corrected chi connectivity index (χ2v) is 9.00. The molecule has 0 aliphatic rings. The molecular formula is C34H26. The SMILES string of the molecule is Cc1ccc(C#Cc2ccc3c(C)c(C)c4ccc(C#Cc5ccc(C)cc5)cc4c3c2)cc1. The minimum absolute atomic E-state index is 1.02. The lowest BCUT2D eigenvalue weighted by molar-refractivity contribution is 1.41. The summed E-state index contributed by atoms with van der Waals surface area (Å²) < 4.78 is 0. The Morgan fingerprint density at radius 2 is 0.676 bits per heavy atom. The van der Waals surface area contributed by atoms with Gasteiger partial charge < -0.3 is 0 Å². The fourth-order valence-electron chi connectivity index (χ4n) is 4.31. The van der Waals surface area contributed by atoms with Crippen molar-refractivity contribution >= 4 is 21.5 Å². The Labute approximate surface area is 202 Å². The van der Waals surface area contributed by atoms with Crippen LogP contribution in [0, 0.1) is 51.4 Å². The number of benzene rings is 5. The van der Waals surface area contributed by atoms with Gasteiger partial charge in [0, 0.05) is 22.3 Å². The number of rotatable bonds is 0. The van der Waals surface area contributed by atoms with Crippen LogP contribution in [0.5, 0.6) is 0 Å². The highest BCUT2D eigenvalue weighted by atomic mass is 14.1. The molecule has 0 unspecified atom stereocenters. The van der Waals surface area contributed by atoms with Crippen molar-refractivity contribution in [3.05, 3.63) is 129 Å². The molecule has 0 saturated heterocycles. The van der Waals surface area contributed by atoms with Gasteiger partial charge in [-0.3, -0.25) is 0 Å². The lowest BCUT2D eigenvalue weighted by atomic mass is 9.91. The third kappa shape index (κ3) is 4.32. The highest BCUT2D eigenvalue weighted by Crippen LogP contribution is 2.33. The van der Waals surface area contributed by atoms with Crippen LogP contribution in [-0.2, 0) is 0 Å². The van der Waals surface area contributed by atoms with Crippen molar-refractivity contribution in [1.29, 1.82) is 0 Å². The summed E-state index contributed by atoms with van der Waals surface area (Å²) in [7, 11) is 0. The van der Waals surface area contributed by atoms with E-state index in [1.807, 2.05) is 0 Å². The molecule has 0 fully saturated rings. The van der Waals surface area contributed by atoms with Gasteiger partial charge in [0.2, 0.25) is 0 Å². The largest absolute Gasteiger partial charge is 0.0617 e. The van der Waals surface area contributed by atoms with Crippen molar-refractivity contribution in [1.82, 2.24) is 0 Å². The second-order valence-electron chi connectivity index (χ2n) is 9.00. The first kappa shape index (κ1) is 21.6. The molecule has 0 aromatic heterocycles. The van der Waals surface area contributed by atoms with Crippen LogP contribution in [-0.4, -0.2) is 0 Å². The van der Waals surface area contributed by atoms with Gasteiger partial charge in [0.05, 0.1) is 0 Å². The highest BCUT2D eigenvalue weighted by Gasteiger charge is 2.09. The molecule has 0 radical (unpaired) electrons. The molecule has 0 heteroatoms. The standard InChI is InChI=1S/C34H26/c1-23-5-9-27(10-6-23)13-15-29-17-19-31-25(3)26(4)32-20-18-30(22-34(32)33(31)21-29)16-14-28-11-7-24(2)8-12-28/h5-12,17-22H,1-4H3. The molecule has 0 atom stereocenters. The molecule has 0 amide bonds. The molecule has 0 N–H and O–H groups in total. The Balaban J connectivity index is 1.63. The molecule has 0 aliphatic heterocycles. The Hall–Kier alpha value is -4.26. The normalized spacial score (nSPS) is 10.5. The van der Waals surface area contributed by atoms with E-state index in [0.29, 0.717) is 0 Å². The summed E-state index contributed by atoms with van der Waals surface area (Å²) in [4.78, 5) is 0. The average molecular weight is 435 g/mol. The van der Waals surface area contributed by atoms with Crippen LogP contribution in [0.4, 0.5) is 0 Å². The molecule has 5 aromatic rings. The van der Waals surface area contributed by atoms with Crippen LogP contribution in [0.25, 0.3) is 21.5 Å². The van der Waals surface area contributed by atoms with Crippen molar-refractivity contribution in [2.45, 2.75) is 27.7 Å². The van der Waals surface area contributed by atoms with E-state index in [-0.39, 0.29) is 0 Å². The number of hydrogen-bond donors (Lipinski definition) is 0. The number of fused-ring (bicyclic) bond motifs is 3. The number of hydrogen-bond acceptors (Lipinski definition) is 0. The predicted molar refractivity (Wildman–Crippen MR) is 145 cm³/mol. The summed E-state index contributed by atoms with van der Waals surface area (Å²) in [5.74, 6) is 13.3. The summed E-state index contributed by atoms with van der Waals surface area (Å²) in [6.45, 7) is 8.60. The zero-order valence-electron chi connectivity index (χ0n) is 20.1. The first-order valence-corrected chi connectivity index (χ1v) is 11.6. The van der Waals surface area contributed by atoms with Crippen molar-refractivity contribution < 1.29 is 0 Å². The first-order valence-electron chi connectivity index (χ1n) is 11.6. The monoisotopic (exact) mass is 434 g/mol. The van der Waals surface area contributed by atoms with Crippen molar-refractivity contribution in [2.75, 3.05) is 0 Å². The fourth-order valence-corrected chi connectivity index (χ4v) is 4.31. The van der Waals surface area contributed by atoms with E-state index < -0.39 is 0 Å². The van der Waals surface area contributed by atoms with E-state index in [1.54, 1.807) is 0 Å². The minimum atomic E-state index is 1.02. The molecule has 34 heavy (non-hydrogen) atoms. The quantitative estimate of drug-likeness (QED) is 0.171. The molecule has 0 bridgehead atoms. The zero-order chi connectivity index (χ0) is 23.7. The lowest BCUT2D eigenvalue weighted by Crippen LogP contribution is -1.90. The summed E-state index contributed by atoms with van der Waals surface area (Å²) in [6.07, 6.45) is 0. The Kier molecular flexibility index (Phi) is 5.67. The smallest absolute Gasteiger partial charge is 0.0255 e.